The van der Waals surface area contributed by atoms with E-state index in [0.717, 1.165) is 39.0 Å². The van der Waals surface area contributed by atoms with Crippen LogP contribution in [0.1, 0.15) is 32.8 Å². The van der Waals surface area contributed by atoms with Crippen LogP contribution in [0, 0.1) is 0 Å². The Morgan fingerprint density at radius 2 is 2.10 bits per heavy atom. The van der Waals surface area contributed by atoms with Crippen LogP contribution in [0.5, 0.6) is 0 Å². The van der Waals surface area contributed by atoms with E-state index in [9.17, 15) is 4.79 Å². The fraction of sp³-hybridized carbons (Fsp3) is 0.588. The van der Waals surface area contributed by atoms with Gasteiger partial charge < -0.3 is 15.5 Å². The molecule has 0 aromatic heterocycles. The average molecular weight is 289 g/mol. The van der Waals surface area contributed by atoms with Gasteiger partial charge >= 0.3 is 0 Å². The molecule has 0 saturated carbocycles. The lowest BCUT2D eigenvalue weighted by molar-refractivity contribution is -0.126. The maximum absolute atomic E-state index is 12.1. The number of rotatable bonds is 7. The van der Waals surface area contributed by atoms with Gasteiger partial charge in [-0.1, -0.05) is 25.1 Å². The predicted molar refractivity (Wildman–Crippen MR) is 87.7 cm³/mol. The van der Waals surface area contributed by atoms with Crippen LogP contribution in [0.2, 0.25) is 0 Å². The second-order valence-electron chi connectivity index (χ2n) is 6.13. The van der Waals surface area contributed by atoms with Crippen molar-refractivity contribution in [2.45, 2.75) is 39.2 Å². The van der Waals surface area contributed by atoms with E-state index in [1.807, 2.05) is 20.8 Å². The summed E-state index contributed by atoms with van der Waals surface area (Å²) < 4.78 is 0. The Labute approximate surface area is 127 Å². The van der Waals surface area contributed by atoms with Crippen LogP contribution in [0.15, 0.2) is 24.3 Å². The molecule has 1 aromatic rings. The standard InChI is InChI=1S/C17H27N3O/c1-4-19-17(2,3)16(21)18-11-7-12-20-13-10-14-8-5-6-9-15(14)20/h5-6,8-9,19H,4,7,10-13H2,1-3H3,(H,18,21). The minimum absolute atomic E-state index is 0.0752. The molecule has 0 aliphatic carbocycles. The zero-order valence-corrected chi connectivity index (χ0v) is 13.4. The van der Waals surface area contributed by atoms with Crippen LogP contribution in [-0.4, -0.2) is 37.6 Å². The molecule has 0 saturated heterocycles. The van der Waals surface area contributed by atoms with Crippen molar-refractivity contribution in [2.75, 3.05) is 31.1 Å². The molecule has 1 amide bonds. The topological polar surface area (TPSA) is 44.4 Å². The highest BCUT2D eigenvalue weighted by Gasteiger charge is 2.25. The van der Waals surface area contributed by atoms with Crippen molar-refractivity contribution in [2.24, 2.45) is 0 Å². The number of anilines is 1. The van der Waals surface area contributed by atoms with Crippen LogP contribution in [0.3, 0.4) is 0 Å². The summed E-state index contributed by atoms with van der Waals surface area (Å²) in [7, 11) is 0. The van der Waals surface area contributed by atoms with Crippen molar-refractivity contribution in [3.63, 3.8) is 0 Å². The largest absolute Gasteiger partial charge is 0.371 e. The number of nitrogens with one attached hydrogen (secondary N) is 2. The maximum atomic E-state index is 12.1. The Morgan fingerprint density at radius 1 is 1.33 bits per heavy atom. The molecular weight excluding hydrogens is 262 g/mol. The SMILES string of the molecule is CCNC(C)(C)C(=O)NCCCN1CCc2ccccc21. The third kappa shape index (κ3) is 3.97. The monoisotopic (exact) mass is 289 g/mol. The van der Waals surface area contributed by atoms with Gasteiger partial charge in [0.1, 0.15) is 0 Å². The Hall–Kier alpha value is -1.55. The molecule has 0 bridgehead atoms. The molecule has 21 heavy (non-hydrogen) atoms. The summed E-state index contributed by atoms with van der Waals surface area (Å²) in [6, 6.07) is 8.59. The van der Waals surface area contributed by atoms with Gasteiger partial charge in [-0.25, -0.2) is 0 Å². The zero-order valence-electron chi connectivity index (χ0n) is 13.4. The third-order valence-corrected chi connectivity index (χ3v) is 4.06. The van der Waals surface area contributed by atoms with Crippen molar-refractivity contribution in [3.8, 4) is 0 Å². The minimum atomic E-state index is -0.491. The maximum Gasteiger partial charge on any atom is 0.239 e. The number of nitrogens with zero attached hydrogens (tertiary/aromatic N) is 1. The van der Waals surface area contributed by atoms with Gasteiger partial charge in [0.05, 0.1) is 5.54 Å². The fourth-order valence-electron chi connectivity index (χ4n) is 2.85. The number of amides is 1. The highest BCUT2D eigenvalue weighted by molar-refractivity contribution is 5.85. The van der Waals surface area contributed by atoms with Crippen molar-refractivity contribution in [3.05, 3.63) is 29.8 Å². The number of fused-ring (bicyclic) bond motifs is 1. The second kappa shape index (κ2) is 6.94. The normalized spacial score (nSPS) is 14.1. The number of carbonyl (C=O) groups excluding carboxylic acids is 1. The van der Waals surface area contributed by atoms with Crippen LogP contribution >= 0.6 is 0 Å². The van der Waals surface area contributed by atoms with Crippen molar-refractivity contribution in [1.82, 2.24) is 10.6 Å². The van der Waals surface area contributed by atoms with E-state index in [-0.39, 0.29) is 5.91 Å². The van der Waals surface area contributed by atoms with Crippen LogP contribution < -0.4 is 15.5 Å². The molecule has 116 valence electrons. The highest BCUT2D eigenvalue weighted by atomic mass is 16.2. The van der Waals surface area contributed by atoms with Gasteiger partial charge in [0.2, 0.25) is 5.91 Å². The van der Waals surface area contributed by atoms with Crippen molar-refractivity contribution >= 4 is 11.6 Å². The first-order valence-electron chi connectivity index (χ1n) is 7.91. The van der Waals surface area contributed by atoms with E-state index in [0.29, 0.717) is 0 Å². The van der Waals surface area contributed by atoms with E-state index >= 15 is 0 Å². The number of para-hydroxylation sites is 1. The van der Waals surface area contributed by atoms with Gasteiger partial charge in [0.25, 0.3) is 0 Å². The van der Waals surface area contributed by atoms with E-state index in [1.54, 1.807) is 0 Å². The van der Waals surface area contributed by atoms with Gasteiger partial charge in [-0.05, 0) is 44.9 Å². The van der Waals surface area contributed by atoms with Crippen molar-refractivity contribution < 1.29 is 4.79 Å². The number of benzene rings is 1. The van der Waals surface area contributed by atoms with E-state index < -0.39 is 5.54 Å². The first-order valence-corrected chi connectivity index (χ1v) is 7.91. The van der Waals surface area contributed by atoms with Gasteiger partial charge in [0.15, 0.2) is 0 Å². The number of hydrogen-bond donors (Lipinski definition) is 2. The summed E-state index contributed by atoms with van der Waals surface area (Å²) >= 11 is 0. The molecule has 2 rings (SSSR count). The van der Waals surface area contributed by atoms with E-state index in [2.05, 4.69) is 39.8 Å². The molecule has 0 fully saturated rings. The summed E-state index contributed by atoms with van der Waals surface area (Å²) in [5.74, 6) is 0.0752. The van der Waals surface area contributed by atoms with E-state index in [1.165, 1.54) is 11.3 Å². The molecule has 1 aromatic carbocycles. The predicted octanol–water partition coefficient (Wildman–Crippen LogP) is 1.94. The Morgan fingerprint density at radius 3 is 2.86 bits per heavy atom. The summed E-state index contributed by atoms with van der Waals surface area (Å²) in [4.78, 5) is 14.5. The lowest BCUT2D eigenvalue weighted by Gasteiger charge is -2.25. The molecule has 4 heteroatoms. The average Bonchev–Trinajstić information content (AvgIpc) is 2.86. The third-order valence-electron chi connectivity index (χ3n) is 4.06. The summed E-state index contributed by atoms with van der Waals surface area (Å²) in [6.45, 7) is 9.47. The minimum Gasteiger partial charge on any atom is -0.371 e. The van der Waals surface area contributed by atoms with Gasteiger partial charge in [0, 0.05) is 25.3 Å². The van der Waals surface area contributed by atoms with Crippen LogP contribution in [-0.2, 0) is 11.2 Å². The first kappa shape index (κ1) is 15.8. The molecule has 4 nitrogen and oxygen atoms in total. The molecule has 0 spiro atoms. The molecule has 0 unspecified atom stereocenters. The smallest absolute Gasteiger partial charge is 0.239 e. The van der Waals surface area contributed by atoms with Crippen molar-refractivity contribution in [1.29, 1.82) is 0 Å². The van der Waals surface area contributed by atoms with Gasteiger partial charge in [-0.15, -0.1) is 0 Å². The Bertz CT molecular complexity index is 485. The van der Waals surface area contributed by atoms with Crippen LogP contribution in [0.4, 0.5) is 5.69 Å². The van der Waals surface area contributed by atoms with Gasteiger partial charge in [-0.2, -0.15) is 0 Å². The quantitative estimate of drug-likeness (QED) is 0.754. The first-order chi connectivity index (χ1) is 10.0. The Balaban J connectivity index is 1.73. The van der Waals surface area contributed by atoms with Crippen LogP contribution in [0.25, 0.3) is 0 Å². The lowest BCUT2D eigenvalue weighted by atomic mass is 10.0. The zero-order chi connectivity index (χ0) is 15.3. The molecule has 1 aliphatic heterocycles. The molecule has 1 aliphatic rings. The molecule has 1 heterocycles. The highest BCUT2D eigenvalue weighted by Crippen LogP contribution is 2.27. The molecule has 2 N–H and O–H groups in total. The molecular formula is C17H27N3O. The molecule has 0 radical (unpaired) electrons. The number of likely N-dealkylation sites (N-methyl/N-ethyl adjacent to an activating group) is 1. The number of carbonyl (C=O) groups is 1. The Kier molecular flexibility index (Phi) is 5.23. The van der Waals surface area contributed by atoms with Gasteiger partial charge in [-0.3, -0.25) is 4.79 Å². The summed E-state index contributed by atoms with van der Waals surface area (Å²) in [5.41, 5.74) is 2.31. The summed E-state index contributed by atoms with van der Waals surface area (Å²) in [5, 5.41) is 6.22. The molecule has 0 atom stereocenters. The van der Waals surface area contributed by atoms with E-state index in [4.69, 9.17) is 0 Å². The number of hydrogen-bond acceptors (Lipinski definition) is 3. The lowest BCUT2D eigenvalue weighted by Crippen LogP contribution is -2.52. The fourth-order valence-corrected chi connectivity index (χ4v) is 2.85. The summed E-state index contributed by atoms with van der Waals surface area (Å²) in [6.07, 6.45) is 2.11. The second-order valence-corrected chi connectivity index (χ2v) is 6.13.